The molecular formula is C27H27ClN2O4. The summed E-state index contributed by atoms with van der Waals surface area (Å²) in [5.74, 6) is -2.21. The highest BCUT2D eigenvalue weighted by atomic mass is 35.5. The quantitative estimate of drug-likeness (QED) is 0.538. The van der Waals surface area contributed by atoms with Gasteiger partial charge in [-0.05, 0) is 54.0 Å². The summed E-state index contributed by atoms with van der Waals surface area (Å²) in [4.78, 5) is 39.0. The number of β-lactam (4-membered cyclic amide) rings is 1. The number of hydrogen-bond donors (Lipinski definition) is 2. The van der Waals surface area contributed by atoms with Crippen LogP contribution in [-0.2, 0) is 16.0 Å². The molecule has 2 aromatic carbocycles. The number of hydrogen-bond acceptors (Lipinski definition) is 3. The molecule has 3 amide bonds. The van der Waals surface area contributed by atoms with E-state index in [0.717, 1.165) is 28.0 Å². The van der Waals surface area contributed by atoms with Crippen molar-refractivity contribution in [1.29, 1.82) is 0 Å². The molecule has 6 nitrogen and oxygen atoms in total. The Morgan fingerprint density at radius 3 is 2.62 bits per heavy atom. The van der Waals surface area contributed by atoms with Gasteiger partial charge in [0, 0.05) is 5.02 Å². The maximum Gasteiger partial charge on any atom is 0.327 e. The van der Waals surface area contributed by atoms with E-state index < -0.39 is 35.9 Å². The zero-order valence-corrected chi connectivity index (χ0v) is 19.6. The molecule has 0 radical (unpaired) electrons. The van der Waals surface area contributed by atoms with Gasteiger partial charge in [-0.15, -0.1) is 0 Å². The number of carbonyl (C=O) groups excluding carboxylic acids is 2. The van der Waals surface area contributed by atoms with Gasteiger partial charge in [0.05, 0.1) is 12.0 Å². The maximum atomic E-state index is 13.2. The number of carboxylic acid groups (broad SMARTS) is 1. The molecule has 2 N–H and O–H groups in total. The highest BCUT2D eigenvalue weighted by Gasteiger charge is 2.54. The Hall–Kier alpha value is -3.38. The minimum absolute atomic E-state index is 0.198. The number of likely N-dealkylation sites (tertiary alicyclic amines) is 1. The summed E-state index contributed by atoms with van der Waals surface area (Å²) in [5.41, 5.74) is 2.81. The lowest BCUT2D eigenvalue weighted by Gasteiger charge is -2.43. The van der Waals surface area contributed by atoms with Crippen molar-refractivity contribution in [2.45, 2.75) is 38.3 Å². The summed E-state index contributed by atoms with van der Waals surface area (Å²) >= 11 is 6.02. The fourth-order valence-electron chi connectivity index (χ4n) is 4.69. The van der Waals surface area contributed by atoms with Crippen molar-refractivity contribution in [1.82, 2.24) is 10.2 Å². The second-order valence-corrected chi connectivity index (χ2v) is 9.23. The number of urea groups is 1. The number of nitrogens with zero attached hydrogens (tertiary/aromatic N) is 1. The largest absolute Gasteiger partial charge is 0.480 e. The molecule has 2 aromatic rings. The molecule has 0 spiro atoms. The Kier molecular flexibility index (Phi) is 7.17. The summed E-state index contributed by atoms with van der Waals surface area (Å²) in [5, 5.41) is 13.3. The molecule has 4 rings (SSSR count). The smallest absolute Gasteiger partial charge is 0.327 e. The lowest BCUT2D eigenvalue weighted by atomic mass is 9.82. The Labute approximate surface area is 203 Å². The maximum absolute atomic E-state index is 13.2. The second-order valence-electron chi connectivity index (χ2n) is 8.79. The van der Waals surface area contributed by atoms with E-state index in [0.29, 0.717) is 17.9 Å². The lowest BCUT2D eigenvalue weighted by Crippen LogP contribution is -2.68. The minimum Gasteiger partial charge on any atom is -0.480 e. The van der Waals surface area contributed by atoms with Gasteiger partial charge in [-0.1, -0.05) is 79.2 Å². The van der Waals surface area contributed by atoms with Gasteiger partial charge >= 0.3 is 12.0 Å². The van der Waals surface area contributed by atoms with Crippen LogP contribution in [0.5, 0.6) is 0 Å². The highest BCUT2D eigenvalue weighted by molar-refractivity contribution is 6.30. The van der Waals surface area contributed by atoms with Crippen LogP contribution < -0.4 is 5.32 Å². The number of halogens is 1. The lowest BCUT2D eigenvalue weighted by molar-refractivity contribution is -0.166. The molecule has 2 aliphatic rings. The van der Waals surface area contributed by atoms with Gasteiger partial charge < -0.3 is 10.4 Å². The Morgan fingerprint density at radius 1 is 1.18 bits per heavy atom. The van der Waals surface area contributed by atoms with E-state index in [4.69, 9.17) is 11.6 Å². The molecule has 1 aliphatic heterocycles. The summed E-state index contributed by atoms with van der Waals surface area (Å²) in [6.07, 6.45) is 7.68. The zero-order valence-electron chi connectivity index (χ0n) is 18.9. The van der Waals surface area contributed by atoms with E-state index in [-0.39, 0.29) is 5.92 Å². The predicted octanol–water partition coefficient (Wildman–Crippen LogP) is 5.16. The van der Waals surface area contributed by atoms with Crippen LogP contribution in [0, 0.1) is 11.8 Å². The van der Waals surface area contributed by atoms with Gasteiger partial charge in [-0.25, -0.2) is 14.5 Å². The summed E-state index contributed by atoms with van der Waals surface area (Å²) in [7, 11) is 0. The fourth-order valence-corrected chi connectivity index (χ4v) is 4.91. The van der Waals surface area contributed by atoms with Crippen molar-refractivity contribution in [3.63, 3.8) is 0 Å². The third-order valence-electron chi connectivity index (χ3n) is 6.54. The first-order valence-corrected chi connectivity index (χ1v) is 11.8. The van der Waals surface area contributed by atoms with E-state index >= 15 is 0 Å². The van der Waals surface area contributed by atoms with Crippen LogP contribution in [0.3, 0.4) is 0 Å². The molecule has 0 saturated carbocycles. The van der Waals surface area contributed by atoms with E-state index in [1.807, 2.05) is 54.6 Å². The van der Waals surface area contributed by atoms with Gasteiger partial charge in [-0.3, -0.25) is 4.79 Å². The molecule has 4 unspecified atom stereocenters. The Balaban J connectivity index is 1.51. The number of imide groups is 1. The molecule has 176 valence electrons. The first kappa shape index (κ1) is 23.8. The SMILES string of the molecule is CC1CC=CC=C1C(NC(=O)N1C(=O)C(CCc2cccc(Cl)c2)C1C(=O)O)c1ccccc1. The van der Waals surface area contributed by atoms with Crippen LogP contribution in [0.1, 0.15) is 36.9 Å². The molecule has 0 aromatic heterocycles. The molecule has 1 aliphatic carbocycles. The van der Waals surface area contributed by atoms with Crippen molar-refractivity contribution < 1.29 is 19.5 Å². The van der Waals surface area contributed by atoms with Crippen molar-refractivity contribution in [2.24, 2.45) is 11.8 Å². The van der Waals surface area contributed by atoms with Gasteiger partial charge in [0.15, 0.2) is 6.04 Å². The normalized spacial score (nSPS) is 22.5. The van der Waals surface area contributed by atoms with Crippen LogP contribution in [0.2, 0.25) is 5.02 Å². The molecule has 1 heterocycles. The first-order valence-electron chi connectivity index (χ1n) is 11.4. The van der Waals surface area contributed by atoms with Crippen molar-refractivity contribution >= 4 is 29.5 Å². The molecule has 34 heavy (non-hydrogen) atoms. The summed E-state index contributed by atoms with van der Waals surface area (Å²) in [6.45, 7) is 2.08. The number of rotatable bonds is 7. The minimum atomic E-state index is -1.19. The van der Waals surface area contributed by atoms with Crippen LogP contribution in [0.4, 0.5) is 4.79 Å². The monoisotopic (exact) mass is 478 g/mol. The first-order chi connectivity index (χ1) is 16.4. The molecule has 1 fully saturated rings. The number of allylic oxidation sites excluding steroid dienone is 3. The van der Waals surface area contributed by atoms with Gasteiger partial charge in [0.2, 0.25) is 5.91 Å². The number of nitrogens with one attached hydrogen (secondary N) is 1. The summed E-state index contributed by atoms with van der Waals surface area (Å²) in [6, 6.07) is 14.4. The third-order valence-corrected chi connectivity index (χ3v) is 6.77. The van der Waals surface area contributed by atoms with Crippen LogP contribution >= 0.6 is 11.6 Å². The topological polar surface area (TPSA) is 86.7 Å². The second kappa shape index (κ2) is 10.3. The van der Waals surface area contributed by atoms with E-state index in [2.05, 4.69) is 18.3 Å². The van der Waals surface area contributed by atoms with Gasteiger partial charge in [0.25, 0.3) is 0 Å². The van der Waals surface area contributed by atoms with E-state index in [1.165, 1.54) is 0 Å². The number of benzene rings is 2. The Morgan fingerprint density at radius 2 is 1.94 bits per heavy atom. The van der Waals surface area contributed by atoms with Crippen LogP contribution in [0.25, 0.3) is 0 Å². The standard InChI is InChI=1S/C27H27ClN2O4/c1-17-8-5-6-13-21(17)23(19-10-3-2-4-11-19)29-27(34)30-24(26(32)33)22(25(30)31)15-14-18-9-7-12-20(28)16-18/h2-7,9-13,16-17,22-24H,8,14-15H2,1H3,(H,29,34)(H,32,33). The Bertz CT molecular complexity index is 1140. The van der Waals surface area contributed by atoms with Crippen molar-refractivity contribution in [3.05, 3.63) is 94.5 Å². The fraction of sp³-hybridized carbons (Fsp3) is 0.296. The predicted molar refractivity (Wildman–Crippen MR) is 130 cm³/mol. The van der Waals surface area contributed by atoms with Crippen molar-refractivity contribution in [2.75, 3.05) is 0 Å². The number of amides is 3. The molecule has 7 heteroatoms. The number of aliphatic carboxylic acids is 1. The average Bonchev–Trinajstić information content (AvgIpc) is 2.82. The number of carboxylic acids is 1. The van der Waals surface area contributed by atoms with E-state index in [1.54, 1.807) is 12.1 Å². The third kappa shape index (κ3) is 4.92. The van der Waals surface area contributed by atoms with Crippen LogP contribution in [-0.4, -0.2) is 34.0 Å². The van der Waals surface area contributed by atoms with E-state index in [9.17, 15) is 19.5 Å². The van der Waals surface area contributed by atoms with Gasteiger partial charge in [-0.2, -0.15) is 0 Å². The van der Waals surface area contributed by atoms with Crippen molar-refractivity contribution in [3.8, 4) is 0 Å². The number of aryl methyl sites for hydroxylation is 1. The zero-order chi connectivity index (χ0) is 24.2. The molecule has 4 atom stereocenters. The molecular weight excluding hydrogens is 452 g/mol. The molecule has 1 saturated heterocycles. The average molecular weight is 479 g/mol. The molecule has 0 bridgehead atoms. The highest BCUT2D eigenvalue weighted by Crippen LogP contribution is 2.35. The van der Waals surface area contributed by atoms with Crippen LogP contribution in [0.15, 0.2) is 78.4 Å². The summed E-state index contributed by atoms with van der Waals surface area (Å²) < 4.78 is 0. The number of carbonyl (C=O) groups is 3. The van der Waals surface area contributed by atoms with Gasteiger partial charge in [0.1, 0.15) is 0 Å².